The molecule has 1 atom stereocenters. The first-order valence-electron chi connectivity index (χ1n) is 6.61. The molecule has 0 aromatic heterocycles. The third-order valence-electron chi connectivity index (χ3n) is 3.73. The number of carbonyl (C=O) groups is 1. The summed E-state index contributed by atoms with van der Waals surface area (Å²) < 4.78 is 0. The van der Waals surface area contributed by atoms with Gasteiger partial charge in [0.05, 0.1) is 0 Å². The van der Waals surface area contributed by atoms with Crippen LogP contribution in [0, 0.1) is 0 Å². The fraction of sp³-hybridized carbons (Fsp3) is 0.562. The standard InChI is InChI=1S/C16H22O/c1-16(2,3)13-10-8-12(9-11-13)14-6-4-5-7-15(14)17/h8-11,14H,4-7H2,1-3H3. The van der Waals surface area contributed by atoms with Crippen LogP contribution in [0.4, 0.5) is 0 Å². The van der Waals surface area contributed by atoms with Gasteiger partial charge in [-0.1, -0.05) is 51.5 Å². The Labute approximate surface area is 104 Å². The number of ketones is 1. The summed E-state index contributed by atoms with van der Waals surface area (Å²) in [6, 6.07) is 8.65. The molecule has 2 rings (SSSR count). The van der Waals surface area contributed by atoms with E-state index in [1.165, 1.54) is 17.5 Å². The van der Waals surface area contributed by atoms with Gasteiger partial charge in [-0.15, -0.1) is 0 Å². The summed E-state index contributed by atoms with van der Waals surface area (Å²) in [7, 11) is 0. The zero-order valence-corrected chi connectivity index (χ0v) is 11.1. The zero-order chi connectivity index (χ0) is 12.5. The summed E-state index contributed by atoms with van der Waals surface area (Å²) in [6.07, 6.45) is 4.08. The van der Waals surface area contributed by atoms with Gasteiger partial charge in [-0.3, -0.25) is 4.79 Å². The van der Waals surface area contributed by atoms with E-state index < -0.39 is 0 Å². The van der Waals surface area contributed by atoms with Crippen LogP contribution in [0.3, 0.4) is 0 Å². The van der Waals surface area contributed by atoms with E-state index in [0.29, 0.717) is 5.78 Å². The summed E-state index contributed by atoms with van der Waals surface area (Å²) in [5.74, 6) is 0.595. The Hall–Kier alpha value is -1.11. The van der Waals surface area contributed by atoms with Gasteiger partial charge in [0.15, 0.2) is 0 Å². The summed E-state index contributed by atoms with van der Waals surface area (Å²) in [6.45, 7) is 6.65. The van der Waals surface area contributed by atoms with Crippen LogP contribution >= 0.6 is 0 Å². The number of hydrogen-bond donors (Lipinski definition) is 0. The van der Waals surface area contributed by atoms with Crippen molar-refractivity contribution in [1.29, 1.82) is 0 Å². The number of benzene rings is 1. The van der Waals surface area contributed by atoms with Gasteiger partial charge in [0.25, 0.3) is 0 Å². The third-order valence-corrected chi connectivity index (χ3v) is 3.73. The van der Waals surface area contributed by atoms with Gasteiger partial charge in [0, 0.05) is 12.3 Å². The smallest absolute Gasteiger partial charge is 0.140 e. The predicted molar refractivity (Wildman–Crippen MR) is 71.4 cm³/mol. The van der Waals surface area contributed by atoms with E-state index >= 15 is 0 Å². The Morgan fingerprint density at radius 2 is 1.71 bits per heavy atom. The highest BCUT2D eigenvalue weighted by Gasteiger charge is 2.24. The zero-order valence-electron chi connectivity index (χ0n) is 11.1. The highest BCUT2D eigenvalue weighted by molar-refractivity contribution is 5.86. The van der Waals surface area contributed by atoms with Crippen molar-refractivity contribution in [3.63, 3.8) is 0 Å². The Morgan fingerprint density at radius 3 is 2.24 bits per heavy atom. The molecule has 0 N–H and O–H groups in total. The molecule has 1 nitrogen and oxygen atoms in total. The lowest BCUT2D eigenvalue weighted by Crippen LogP contribution is -2.17. The number of rotatable bonds is 1. The summed E-state index contributed by atoms with van der Waals surface area (Å²) >= 11 is 0. The van der Waals surface area contributed by atoms with Crippen molar-refractivity contribution in [2.75, 3.05) is 0 Å². The molecule has 1 heteroatoms. The molecule has 0 amide bonds. The minimum absolute atomic E-state index is 0.165. The number of hydrogen-bond acceptors (Lipinski definition) is 1. The summed E-state index contributed by atoms with van der Waals surface area (Å²) in [5.41, 5.74) is 2.74. The summed E-state index contributed by atoms with van der Waals surface area (Å²) in [4.78, 5) is 11.9. The van der Waals surface area contributed by atoms with E-state index in [9.17, 15) is 4.79 Å². The quantitative estimate of drug-likeness (QED) is 0.706. The molecule has 1 aromatic rings. The first-order valence-corrected chi connectivity index (χ1v) is 6.61. The SMILES string of the molecule is CC(C)(C)c1ccc(C2CCCCC2=O)cc1. The lowest BCUT2D eigenvalue weighted by molar-refractivity contribution is -0.121. The normalized spacial score (nSPS) is 21.6. The van der Waals surface area contributed by atoms with Crippen LogP contribution in [-0.2, 0) is 10.2 Å². The molecule has 1 unspecified atom stereocenters. The van der Waals surface area contributed by atoms with Crippen LogP contribution in [0.25, 0.3) is 0 Å². The van der Waals surface area contributed by atoms with E-state index in [-0.39, 0.29) is 11.3 Å². The minimum atomic E-state index is 0.165. The van der Waals surface area contributed by atoms with E-state index in [2.05, 4.69) is 45.0 Å². The van der Waals surface area contributed by atoms with Crippen molar-refractivity contribution in [3.8, 4) is 0 Å². The van der Waals surface area contributed by atoms with Crippen LogP contribution in [0.15, 0.2) is 24.3 Å². The molecule has 0 radical (unpaired) electrons. The van der Waals surface area contributed by atoms with Crippen LogP contribution in [0.1, 0.15) is 63.5 Å². The van der Waals surface area contributed by atoms with E-state index in [1.807, 2.05) is 0 Å². The first-order chi connectivity index (χ1) is 7.98. The van der Waals surface area contributed by atoms with Gasteiger partial charge in [0.1, 0.15) is 5.78 Å². The third kappa shape index (κ3) is 2.77. The number of Topliss-reactive ketones (excluding diaryl/α,β-unsaturated/α-hetero) is 1. The average molecular weight is 230 g/mol. The lowest BCUT2D eigenvalue weighted by Gasteiger charge is -2.23. The van der Waals surface area contributed by atoms with Gasteiger partial charge in [-0.2, -0.15) is 0 Å². The van der Waals surface area contributed by atoms with Crippen molar-refractivity contribution in [2.24, 2.45) is 0 Å². The molecule has 1 aromatic carbocycles. The predicted octanol–water partition coefficient (Wildman–Crippen LogP) is 4.21. The van der Waals surface area contributed by atoms with Gasteiger partial charge in [-0.05, 0) is 29.4 Å². The second kappa shape index (κ2) is 4.64. The molecule has 0 spiro atoms. The fourth-order valence-electron chi connectivity index (χ4n) is 2.55. The van der Waals surface area contributed by atoms with Gasteiger partial charge in [-0.25, -0.2) is 0 Å². The molecule has 0 saturated heterocycles. The molecular formula is C16H22O. The van der Waals surface area contributed by atoms with Gasteiger partial charge < -0.3 is 0 Å². The van der Waals surface area contributed by atoms with Crippen molar-refractivity contribution in [2.45, 2.75) is 57.8 Å². The van der Waals surface area contributed by atoms with Crippen molar-refractivity contribution in [3.05, 3.63) is 35.4 Å². The molecule has 0 heterocycles. The minimum Gasteiger partial charge on any atom is -0.299 e. The van der Waals surface area contributed by atoms with Crippen LogP contribution < -0.4 is 0 Å². The maximum atomic E-state index is 11.9. The molecule has 1 aliphatic rings. The van der Waals surface area contributed by atoms with Crippen LogP contribution in [0.2, 0.25) is 0 Å². The first kappa shape index (κ1) is 12.3. The summed E-state index contributed by atoms with van der Waals surface area (Å²) in [5, 5.41) is 0. The van der Waals surface area contributed by atoms with Crippen LogP contribution in [0.5, 0.6) is 0 Å². The van der Waals surface area contributed by atoms with Crippen molar-refractivity contribution < 1.29 is 4.79 Å². The molecular weight excluding hydrogens is 208 g/mol. The fourth-order valence-corrected chi connectivity index (χ4v) is 2.55. The van der Waals surface area contributed by atoms with Gasteiger partial charge >= 0.3 is 0 Å². The van der Waals surface area contributed by atoms with Crippen molar-refractivity contribution in [1.82, 2.24) is 0 Å². The molecule has 0 aliphatic heterocycles. The van der Waals surface area contributed by atoms with Crippen LogP contribution in [-0.4, -0.2) is 5.78 Å². The highest BCUT2D eigenvalue weighted by Crippen LogP contribution is 2.31. The second-order valence-electron chi connectivity index (χ2n) is 6.14. The van der Waals surface area contributed by atoms with Gasteiger partial charge in [0.2, 0.25) is 0 Å². The van der Waals surface area contributed by atoms with E-state index in [1.54, 1.807) is 0 Å². The monoisotopic (exact) mass is 230 g/mol. The molecule has 1 fully saturated rings. The average Bonchev–Trinajstić information content (AvgIpc) is 2.29. The second-order valence-corrected chi connectivity index (χ2v) is 6.14. The molecule has 92 valence electrons. The maximum absolute atomic E-state index is 11.9. The molecule has 1 aliphatic carbocycles. The number of carbonyl (C=O) groups excluding carboxylic acids is 1. The van der Waals surface area contributed by atoms with E-state index in [0.717, 1.165) is 19.3 Å². The Kier molecular flexibility index (Phi) is 3.37. The Morgan fingerprint density at radius 1 is 1.06 bits per heavy atom. The molecule has 17 heavy (non-hydrogen) atoms. The maximum Gasteiger partial charge on any atom is 0.140 e. The van der Waals surface area contributed by atoms with E-state index in [4.69, 9.17) is 0 Å². The highest BCUT2D eigenvalue weighted by atomic mass is 16.1. The lowest BCUT2D eigenvalue weighted by atomic mass is 9.81. The Balaban J connectivity index is 2.20. The topological polar surface area (TPSA) is 17.1 Å². The largest absolute Gasteiger partial charge is 0.299 e. The molecule has 1 saturated carbocycles. The Bertz CT molecular complexity index is 395. The van der Waals surface area contributed by atoms with Crippen molar-refractivity contribution >= 4 is 5.78 Å². The molecule has 0 bridgehead atoms.